The number of carbonyl (C=O) groups is 1. The smallest absolute Gasteiger partial charge is 0.255 e. The predicted octanol–water partition coefficient (Wildman–Crippen LogP) is 0.853. The van der Waals surface area contributed by atoms with Gasteiger partial charge in [-0.05, 0) is 31.2 Å². The molecule has 0 bridgehead atoms. The SMILES string of the molecule is COc1ccc(O)c(C(=O)NCCCN2CCOCC2)c1. The van der Waals surface area contributed by atoms with Crippen LogP contribution in [0.25, 0.3) is 0 Å². The molecule has 0 saturated carbocycles. The van der Waals surface area contributed by atoms with E-state index in [0.717, 1.165) is 39.3 Å². The average Bonchev–Trinajstić information content (AvgIpc) is 2.53. The summed E-state index contributed by atoms with van der Waals surface area (Å²) in [6.45, 7) is 4.98. The second-order valence-corrected chi connectivity index (χ2v) is 4.95. The average molecular weight is 294 g/mol. The Hall–Kier alpha value is -1.79. The molecule has 0 radical (unpaired) electrons. The summed E-state index contributed by atoms with van der Waals surface area (Å²) in [5.41, 5.74) is 0.237. The molecule has 6 nitrogen and oxygen atoms in total. The van der Waals surface area contributed by atoms with E-state index in [0.29, 0.717) is 12.3 Å². The molecule has 1 fully saturated rings. The second-order valence-electron chi connectivity index (χ2n) is 4.95. The van der Waals surface area contributed by atoms with Gasteiger partial charge in [0.05, 0.1) is 25.9 Å². The normalized spacial score (nSPS) is 15.7. The monoisotopic (exact) mass is 294 g/mol. The molecule has 0 aliphatic carbocycles. The molecule has 1 heterocycles. The fourth-order valence-corrected chi connectivity index (χ4v) is 2.25. The van der Waals surface area contributed by atoms with Crippen LogP contribution in [0.5, 0.6) is 11.5 Å². The zero-order valence-corrected chi connectivity index (χ0v) is 12.3. The summed E-state index contributed by atoms with van der Waals surface area (Å²) in [6.07, 6.45) is 0.871. The number of methoxy groups -OCH3 is 1. The summed E-state index contributed by atoms with van der Waals surface area (Å²) in [5, 5.41) is 12.5. The van der Waals surface area contributed by atoms with Crippen LogP contribution in [0.15, 0.2) is 18.2 Å². The Kier molecular flexibility index (Phi) is 5.83. The zero-order chi connectivity index (χ0) is 15.1. The van der Waals surface area contributed by atoms with Gasteiger partial charge < -0.3 is 19.9 Å². The highest BCUT2D eigenvalue weighted by atomic mass is 16.5. The largest absolute Gasteiger partial charge is 0.507 e. The Morgan fingerprint density at radius 3 is 2.90 bits per heavy atom. The molecule has 1 aliphatic heterocycles. The zero-order valence-electron chi connectivity index (χ0n) is 12.3. The number of rotatable bonds is 6. The van der Waals surface area contributed by atoms with Crippen molar-refractivity contribution in [3.63, 3.8) is 0 Å². The van der Waals surface area contributed by atoms with E-state index in [1.165, 1.54) is 19.2 Å². The molecule has 1 saturated heterocycles. The highest BCUT2D eigenvalue weighted by Crippen LogP contribution is 2.22. The number of amides is 1. The number of phenols is 1. The molecule has 116 valence electrons. The molecular weight excluding hydrogens is 272 g/mol. The van der Waals surface area contributed by atoms with Crippen molar-refractivity contribution in [2.24, 2.45) is 0 Å². The van der Waals surface area contributed by atoms with E-state index >= 15 is 0 Å². The lowest BCUT2D eigenvalue weighted by molar-refractivity contribution is 0.0374. The van der Waals surface area contributed by atoms with Gasteiger partial charge in [-0.15, -0.1) is 0 Å². The third-order valence-corrected chi connectivity index (χ3v) is 3.49. The van der Waals surface area contributed by atoms with Crippen LogP contribution in [-0.2, 0) is 4.74 Å². The van der Waals surface area contributed by atoms with Crippen molar-refractivity contribution in [2.45, 2.75) is 6.42 Å². The van der Waals surface area contributed by atoms with Crippen molar-refractivity contribution in [2.75, 3.05) is 46.5 Å². The number of carbonyl (C=O) groups excluding carboxylic acids is 1. The Bertz CT molecular complexity index is 473. The van der Waals surface area contributed by atoms with Crippen LogP contribution in [0.2, 0.25) is 0 Å². The van der Waals surface area contributed by atoms with Crippen LogP contribution in [0.1, 0.15) is 16.8 Å². The minimum atomic E-state index is -0.284. The molecular formula is C15H22N2O4. The van der Waals surface area contributed by atoms with Gasteiger partial charge in [0.1, 0.15) is 11.5 Å². The third kappa shape index (κ3) is 4.61. The lowest BCUT2D eigenvalue weighted by Gasteiger charge is -2.26. The third-order valence-electron chi connectivity index (χ3n) is 3.49. The standard InChI is InChI=1S/C15H22N2O4/c1-20-12-3-4-14(18)13(11-12)15(19)16-5-2-6-17-7-9-21-10-8-17/h3-4,11,18H,2,5-10H2,1H3,(H,16,19). The Morgan fingerprint density at radius 2 is 2.19 bits per heavy atom. The molecule has 0 aromatic heterocycles. The second kappa shape index (κ2) is 7.85. The summed E-state index contributed by atoms with van der Waals surface area (Å²) >= 11 is 0. The van der Waals surface area contributed by atoms with Crippen molar-refractivity contribution in [3.8, 4) is 11.5 Å². The van der Waals surface area contributed by atoms with Gasteiger partial charge in [0.2, 0.25) is 0 Å². The Balaban J connectivity index is 1.76. The maximum atomic E-state index is 12.0. The van der Waals surface area contributed by atoms with E-state index in [1.807, 2.05) is 0 Å². The quantitative estimate of drug-likeness (QED) is 0.761. The Labute approximate surface area is 124 Å². The molecule has 0 unspecified atom stereocenters. The van der Waals surface area contributed by atoms with E-state index in [1.54, 1.807) is 6.07 Å². The number of benzene rings is 1. The highest BCUT2D eigenvalue weighted by Gasteiger charge is 2.13. The van der Waals surface area contributed by atoms with Crippen molar-refractivity contribution in [3.05, 3.63) is 23.8 Å². The maximum absolute atomic E-state index is 12.0. The number of nitrogens with one attached hydrogen (secondary N) is 1. The summed E-state index contributed by atoms with van der Waals surface area (Å²) in [6, 6.07) is 4.61. The Morgan fingerprint density at radius 1 is 1.43 bits per heavy atom. The van der Waals surface area contributed by atoms with E-state index < -0.39 is 0 Å². The number of morpholine rings is 1. The van der Waals surface area contributed by atoms with Crippen molar-refractivity contribution in [1.29, 1.82) is 0 Å². The molecule has 0 atom stereocenters. The van der Waals surface area contributed by atoms with Crippen molar-refractivity contribution < 1.29 is 19.4 Å². The van der Waals surface area contributed by atoms with Crippen LogP contribution in [0.4, 0.5) is 0 Å². The van der Waals surface area contributed by atoms with Gasteiger partial charge in [0, 0.05) is 19.6 Å². The molecule has 2 N–H and O–H groups in total. The number of nitrogens with zero attached hydrogens (tertiary/aromatic N) is 1. The van der Waals surface area contributed by atoms with E-state index in [9.17, 15) is 9.90 Å². The van der Waals surface area contributed by atoms with Crippen LogP contribution >= 0.6 is 0 Å². The molecule has 6 heteroatoms. The van der Waals surface area contributed by atoms with Crippen LogP contribution in [0.3, 0.4) is 0 Å². The maximum Gasteiger partial charge on any atom is 0.255 e. The fraction of sp³-hybridized carbons (Fsp3) is 0.533. The van der Waals surface area contributed by atoms with Crippen molar-refractivity contribution >= 4 is 5.91 Å². The van der Waals surface area contributed by atoms with Gasteiger partial charge in [-0.2, -0.15) is 0 Å². The van der Waals surface area contributed by atoms with E-state index in [2.05, 4.69) is 10.2 Å². The lowest BCUT2D eigenvalue weighted by atomic mass is 10.1. The first-order valence-electron chi connectivity index (χ1n) is 7.16. The summed E-state index contributed by atoms with van der Waals surface area (Å²) in [7, 11) is 1.52. The first-order valence-corrected chi connectivity index (χ1v) is 7.16. The van der Waals surface area contributed by atoms with Crippen LogP contribution in [-0.4, -0.2) is 62.4 Å². The van der Waals surface area contributed by atoms with Gasteiger partial charge in [-0.3, -0.25) is 9.69 Å². The number of hydrogen-bond acceptors (Lipinski definition) is 5. The molecule has 1 aromatic rings. The molecule has 1 amide bonds. The molecule has 1 aromatic carbocycles. The molecule has 0 spiro atoms. The first-order chi connectivity index (χ1) is 10.2. The minimum absolute atomic E-state index is 0.0403. The predicted molar refractivity (Wildman–Crippen MR) is 78.9 cm³/mol. The van der Waals surface area contributed by atoms with Crippen molar-refractivity contribution in [1.82, 2.24) is 10.2 Å². The van der Waals surface area contributed by atoms with E-state index in [-0.39, 0.29) is 17.2 Å². The summed E-state index contributed by atoms with van der Waals surface area (Å²) < 4.78 is 10.3. The van der Waals surface area contributed by atoms with Crippen LogP contribution < -0.4 is 10.1 Å². The topological polar surface area (TPSA) is 71.0 Å². The van der Waals surface area contributed by atoms with E-state index in [4.69, 9.17) is 9.47 Å². The first kappa shape index (κ1) is 15.6. The molecule has 21 heavy (non-hydrogen) atoms. The van der Waals surface area contributed by atoms with Gasteiger partial charge in [0.15, 0.2) is 0 Å². The van der Waals surface area contributed by atoms with Gasteiger partial charge in [0.25, 0.3) is 5.91 Å². The molecule has 1 aliphatic rings. The summed E-state index contributed by atoms with van der Waals surface area (Å²) in [4.78, 5) is 14.3. The lowest BCUT2D eigenvalue weighted by Crippen LogP contribution is -2.38. The highest BCUT2D eigenvalue weighted by molar-refractivity contribution is 5.97. The van der Waals surface area contributed by atoms with Gasteiger partial charge >= 0.3 is 0 Å². The number of phenolic OH excluding ortho intramolecular Hbond substituents is 1. The number of ether oxygens (including phenoxy) is 2. The minimum Gasteiger partial charge on any atom is -0.507 e. The van der Waals surface area contributed by atoms with Gasteiger partial charge in [-0.1, -0.05) is 0 Å². The fourth-order valence-electron chi connectivity index (χ4n) is 2.25. The number of aromatic hydroxyl groups is 1. The summed E-state index contributed by atoms with van der Waals surface area (Å²) in [5.74, 6) is 0.223. The van der Waals surface area contributed by atoms with Crippen LogP contribution in [0, 0.1) is 0 Å². The molecule has 2 rings (SSSR count). The van der Waals surface area contributed by atoms with Gasteiger partial charge in [-0.25, -0.2) is 0 Å². The number of hydrogen-bond donors (Lipinski definition) is 2.